The molecular weight excluding hydrogens is 476 g/mol. The Bertz CT molecular complexity index is 1250. The molecule has 0 unspecified atom stereocenters. The van der Waals surface area contributed by atoms with Gasteiger partial charge in [-0.25, -0.2) is 8.42 Å². The van der Waals surface area contributed by atoms with Gasteiger partial charge in [0.05, 0.1) is 44.3 Å². The van der Waals surface area contributed by atoms with Crippen LogP contribution in [0.25, 0.3) is 0 Å². The number of hydrogen-bond donors (Lipinski definition) is 1. The molecule has 9 heteroatoms. The number of halogens is 1. The van der Waals surface area contributed by atoms with Gasteiger partial charge in [-0.1, -0.05) is 54.1 Å². The van der Waals surface area contributed by atoms with Gasteiger partial charge in [-0.3, -0.25) is 9.10 Å². The molecule has 0 aromatic heterocycles. The molecule has 0 saturated carbocycles. The Labute approximate surface area is 205 Å². The number of hydrogen-bond acceptors (Lipinski definition) is 5. The van der Waals surface area contributed by atoms with Crippen molar-refractivity contribution in [1.82, 2.24) is 5.32 Å². The molecule has 180 valence electrons. The molecule has 7 nitrogen and oxygen atoms in total. The predicted molar refractivity (Wildman–Crippen MR) is 134 cm³/mol. The van der Waals surface area contributed by atoms with Gasteiger partial charge in [-0.2, -0.15) is 0 Å². The summed E-state index contributed by atoms with van der Waals surface area (Å²) < 4.78 is 37.7. The van der Waals surface area contributed by atoms with Crippen molar-refractivity contribution >= 4 is 33.2 Å². The van der Waals surface area contributed by atoms with Crippen LogP contribution in [0.5, 0.6) is 11.5 Å². The number of ether oxygens (including phenoxy) is 2. The van der Waals surface area contributed by atoms with E-state index in [1.807, 2.05) is 49.4 Å². The Morgan fingerprint density at radius 3 is 2.15 bits per heavy atom. The second kappa shape index (κ2) is 10.8. The van der Waals surface area contributed by atoms with Gasteiger partial charge in [0.15, 0.2) is 11.5 Å². The van der Waals surface area contributed by atoms with Gasteiger partial charge < -0.3 is 14.8 Å². The number of benzene rings is 3. The molecule has 0 radical (unpaired) electrons. The molecule has 0 saturated heterocycles. The summed E-state index contributed by atoms with van der Waals surface area (Å²) in [6.07, 6.45) is 1.10. The Hall–Kier alpha value is -3.23. The average Bonchev–Trinajstić information content (AvgIpc) is 2.82. The largest absolute Gasteiger partial charge is 0.493 e. The summed E-state index contributed by atoms with van der Waals surface area (Å²) >= 11 is 5.97. The van der Waals surface area contributed by atoms with Crippen LogP contribution in [0.3, 0.4) is 0 Å². The summed E-state index contributed by atoms with van der Waals surface area (Å²) in [4.78, 5) is 13.4. The minimum atomic E-state index is -3.76. The second-order valence-corrected chi connectivity index (χ2v) is 10.1. The highest BCUT2D eigenvalue weighted by Crippen LogP contribution is 2.37. The fraction of sp³-hybridized carbons (Fsp3) is 0.240. The third-order valence-electron chi connectivity index (χ3n) is 5.30. The van der Waals surface area contributed by atoms with E-state index in [1.54, 1.807) is 12.1 Å². The standard InChI is InChI=1S/C25H27ClN2O5S/c1-17(19-10-12-20(26)13-11-19)27-25(29)21-14-23(32-2)24(33-3)15-22(21)28(34(4,30)31)16-18-8-6-5-7-9-18/h5-15,17H,16H2,1-4H3,(H,27,29)/t17-/m1/s1. The number of carbonyl (C=O) groups excluding carboxylic acids is 1. The molecule has 1 atom stereocenters. The van der Waals surface area contributed by atoms with Crippen LogP contribution in [0.15, 0.2) is 66.7 Å². The summed E-state index contributed by atoms with van der Waals surface area (Å²) in [5, 5.41) is 3.52. The van der Waals surface area contributed by atoms with Crippen molar-refractivity contribution in [2.75, 3.05) is 24.8 Å². The summed E-state index contributed by atoms with van der Waals surface area (Å²) in [5.41, 5.74) is 1.94. The maximum atomic E-state index is 13.4. The highest BCUT2D eigenvalue weighted by molar-refractivity contribution is 7.92. The topological polar surface area (TPSA) is 84.9 Å². The zero-order valence-electron chi connectivity index (χ0n) is 19.4. The Balaban J connectivity index is 2.07. The number of nitrogens with zero attached hydrogens (tertiary/aromatic N) is 1. The maximum Gasteiger partial charge on any atom is 0.254 e. The van der Waals surface area contributed by atoms with E-state index in [1.165, 1.54) is 30.7 Å². The first-order chi connectivity index (χ1) is 16.1. The minimum absolute atomic E-state index is 0.0438. The first-order valence-electron chi connectivity index (χ1n) is 10.5. The van der Waals surface area contributed by atoms with Crippen LogP contribution in [0.2, 0.25) is 5.02 Å². The van der Waals surface area contributed by atoms with Crippen LogP contribution < -0.4 is 19.1 Å². The smallest absolute Gasteiger partial charge is 0.254 e. The summed E-state index contributed by atoms with van der Waals surface area (Å²) in [7, 11) is -0.857. The summed E-state index contributed by atoms with van der Waals surface area (Å²) in [6.45, 7) is 1.88. The van der Waals surface area contributed by atoms with E-state index in [-0.39, 0.29) is 23.8 Å². The number of methoxy groups -OCH3 is 2. The van der Waals surface area contributed by atoms with E-state index in [9.17, 15) is 13.2 Å². The first-order valence-corrected chi connectivity index (χ1v) is 12.7. The van der Waals surface area contributed by atoms with Crippen molar-refractivity contribution < 1.29 is 22.7 Å². The molecule has 3 aromatic carbocycles. The van der Waals surface area contributed by atoms with Gasteiger partial charge in [-0.15, -0.1) is 0 Å². The van der Waals surface area contributed by atoms with Crippen LogP contribution in [0.4, 0.5) is 5.69 Å². The summed E-state index contributed by atoms with van der Waals surface area (Å²) in [6, 6.07) is 18.9. The van der Waals surface area contributed by atoms with Crippen LogP contribution in [-0.4, -0.2) is 34.8 Å². The van der Waals surface area contributed by atoms with Crippen molar-refractivity contribution in [3.63, 3.8) is 0 Å². The number of nitrogens with one attached hydrogen (secondary N) is 1. The van der Waals surface area contributed by atoms with E-state index in [2.05, 4.69) is 5.32 Å². The molecule has 0 aliphatic carbocycles. The number of sulfonamides is 1. The van der Waals surface area contributed by atoms with Gasteiger partial charge in [0, 0.05) is 11.1 Å². The van der Waals surface area contributed by atoms with E-state index < -0.39 is 15.9 Å². The van der Waals surface area contributed by atoms with Crippen molar-refractivity contribution in [1.29, 1.82) is 0 Å². The fourth-order valence-electron chi connectivity index (χ4n) is 3.50. The minimum Gasteiger partial charge on any atom is -0.493 e. The zero-order valence-corrected chi connectivity index (χ0v) is 21.0. The van der Waals surface area contributed by atoms with Crippen LogP contribution in [-0.2, 0) is 16.6 Å². The third kappa shape index (κ3) is 6.01. The van der Waals surface area contributed by atoms with E-state index in [0.717, 1.165) is 17.4 Å². The highest BCUT2D eigenvalue weighted by Gasteiger charge is 2.27. The van der Waals surface area contributed by atoms with Crippen LogP contribution >= 0.6 is 11.6 Å². The first kappa shape index (κ1) is 25.4. The molecule has 0 fully saturated rings. The number of anilines is 1. The van der Waals surface area contributed by atoms with Gasteiger partial charge in [-0.05, 0) is 36.2 Å². The van der Waals surface area contributed by atoms with Gasteiger partial charge in [0.2, 0.25) is 10.0 Å². The number of amides is 1. The van der Waals surface area contributed by atoms with E-state index in [0.29, 0.717) is 16.5 Å². The second-order valence-electron chi connectivity index (χ2n) is 7.73. The van der Waals surface area contributed by atoms with Crippen molar-refractivity contribution in [2.45, 2.75) is 19.5 Å². The number of rotatable bonds is 9. The molecule has 0 aliphatic heterocycles. The quantitative estimate of drug-likeness (QED) is 0.453. The molecule has 0 spiro atoms. The van der Waals surface area contributed by atoms with Gasteiger partial charge >= 0.3 is 0 Å². The van der Waals surface area contributed by atoms with E-state index in [4.69, 9.17) is 21.1 Å². The summed E-state index contributed by atoms with van der Waals surface area (Å²) in [5.74, 6) is 0.158. The fourth-order valence-corrected chi connectivity index (χ4v) is 4.51. The molecular formula is C25H27ClN2O5S. The lowest BCUT2D eigenvalue weighted by Gasteiger charge is -2.26. The van der Waals surface area contributed by atoms with Crippen LogP contribution in [0.1, 0.15) is 34.5 Å². The number of carbonyl (C=O) groups is 1. The average molecular weight is 503 g/mol. The van der Waals surface area contributed by atoms with Crippen molar-refractivity contribution in [3.8, 4) is 11.5 Å². The molecule has 0 heterocycles. The highest BCUT2D eigenvalue weighted by atomic mass is 35.5. The molecule has 1 amide bonds. The van der Waals surface area contributed by atoms with Crippen molar-refractivity contribution in [2.24, 2.45) is 0 Å². The molecule has 0 bridgehead atoms. The van der Waals surface area contributed by atoms with E-state index >= 15 is 0 Å². The van der Waals surface area contributed by atoms with Gasteiger partial charge in [0.1, 0.15) is 0 Å². The zero-order chi connectivity index (χ0) is 24.9. The lowest BCUT2D eigenvalue weighted by molar-refractivity contribution is 0.0940. The molecule has 3 rings (SSSR count). The van der Waals surface area contributed by atoms with Crippen molar-refractivity contribution in [3.05, 3.63) is 88.4 Å². The normalized spacial score (nSPS) is 12.0. The lowest BCUT2D eigenvalue weighted by atomic mass is 10.1. The van der Waals surface area contributed by atoms with Gasteiger partial charge in [0.25, 0.3) is 5.91 Å². The maximum absolute atomic E-state index is 13.4. The molecule has 3 aromatic rings. The predicted octanol–water partition coefficient (Wildman–Crippen LogP) is 4.81. The molecule has 1 N–H and O–H groups in total. The SMILES string of the molecule is COc1cc(C(=O)N[C@H](C)c2ccc(Cl)cc2)c(N(Cc2ccccc2)S(C)(=O)=O)cc1OC. The third-order valence-corrected chi connectivity index (χ3v) is 6.68. The molecule has 0 aliphatic rings. The Morgan fingerprint density at radius 2 is 1.59 bits per heavy atom. The Morgan fingerprint density at radius 1 is 1.00 bits per heavy atom. The Kier molecular flexibility index (Phi) is 8.06. The monoisotopic (exact) mass is 502 g/mol. The lowest BCUT2D eigenvalue weighted by Crippen LogP contribution is -2.33. The molecule has 34 heavy (non-hydrogen) atoms. The van der Waals surface area contributed by atoms with Crippen LogP contribution in [0, 0.1) is 0 Å².